The minimum absolute atomic E-state index is 0.0538. The zero-order valence-electron chi connectivity index (χ0n) is 12.2. The summed E-state index contributed by atoms with van der Waals surface area (Å²) in [7, 11) is 0. The van der Waals surface area contributed by atoms with Gasteiger partial charge in [-0.05, 0) is 39.3 Å². The van der Waals surface area contributed by atoms with Crippen molar-refractivity contribution in [2.24, 2.45) is 0 Å². The number of nitrogens with zero attached hydrogens (tertiary/aromatic N) is 1. The average Bonchev–Trinajstić information content (AvgIpc) is 2.26. The lowest BCUT2D eigenvalue weighted by molar-refractivity contribution is 0.0141. The molecule has 0 atom stereocenters. The zero-order chi connectivity index (χ0) is 13.7. The highest BCUT2D eigenvalue weighted by Crippen LogP contribution is 2.45. The Morgan fingerprint density at radius 2 is 1.61 bits per heavy atom. The van der Waals surface area contributed by atoms with Crippen LogP contribution in [0.4, 0.5) is 0 Å². The number of carbonyl (C=O) groups is 1. The van der Waals surface area contributed by atoms with Crippen molar-refractivity contribution in [1.82, 2.24) is 4.90 Å². The molecule has 0 N–H and O–H groups in total. The van der Waals surface area contributed by atoms with E-state index in [4.69, 9.17) is 0 Å². The van der Waals surface area contributed by atoms with E-state index in [0.29, 0.717) is 0 Å². The standard InChI is InChI=1S/C16H23NO/c1-11(2)17-14(18)12-9-7-8-10-13(12)15(3,4)16(17,5)6/h7-11H,1-6H3. The third-order valence-corrected chi connectivity index (χ3v) is 4.70. The first-order chi connectivity index (χ1) is 8.21. The molecular formula is C16H23NO. The van der Waals surface area contributed by atoms with Crippen LogP contribution in [-0.4, -0.2) is 22.4 Å². The molecule has 1 aromatic carbocycles. The molecule has 1 amide bonds. The Labute approximate surface area is 110 Å². The van der Waals surface area contributed by atoms with Crippen molar-refractivity contribution in [2.45, 2.75) is 58.5 Å². The quantitative estimate of drug-likeness (QED) is 0.740. The van der Waals surface area contributed by atoms with Gasteiger partial charge in [-0.2, -0.15) is 0 Å². The highest BCUT2D eigenvalue weighted by atomic mass is 16.2. The van der Waals surface area contributed by atoms with Crippen molar-refractivity contribution in [3.63, 3.8) is 0 Å². The molecule has 2 heteroatoms. The fourth-order valence-electron chi connectivity index (χ4n) is 3.11. The first kappa shape index (κ1) is 13.1. The Kier molecular flexibility index (Phi) is 2.80. The Balaban J connectivity index is 2.72. The van der Waals surface area contributed by atoms with Crippen LogP contribution in [0, 0.1) is 0 Å². The van der Waals surface area contributed by atoms with Gasteiger partial charge in [0.2, 0.25) is 0 Å². The third-order valence-electron chi connectivity index (χ3n) is 4.70. The van der Waals surface area contributed by atoms with Gasteiger partial charge < -0.3 is 4.90 Å². The second-order valence-corrected chi connectivity index (χ2v) is 6.50. The summed E-state index contributed by atoms with van der Waals surface area (Å²) in [5.74, 6) is 0.157. The van der Waals surface area contributed by atoms with Crippen LogP contribution in [0.3, 0.4) is 0 Å². The van der Waals surface area contributed by atoms with Gasteiger partial charge in [-0.1, -0.05) is 32.0 Å². The highest BCUT2D eigenvalue weighted by Gasteiger charge is 2.51. The summed E-state index contributed by atoms with van der Waals surface area (Å²) in [4.78, 5) is 14.7. The summed E-state index contributed by atoms with van der Waals surface area (Å²) >= 11 is 0. The van der Waals surface area contributed by atoms with E-state index in [-0.39, 0.29) is 22.9 Å². The maximum Gasteiger partial charge on any atom is 0.254 e. The molecular weight excluding hydrogens is 222 g/mol. The van der Waals surface area contributed by atoms with E-state index in [1.165, 1.54) is 0 Å². The van der Waals surface area contributed by atoms with E-state index in [1.54, 1.807) is 0 Å². The summed E-state index contributed by atoms with van der Waals surface area (Å²) in [6, 6.07) is 8.22. The minimum Gasteiger partial charge on any atom is -0.330 e. The maximum atomic E-state index is 12.7. The smallest absolute Gasteiger partial charge is 0.254 e. The normalized spacial score (nSPS) is 21.1. The summed E-state index contributed by atoms with van der Waals surface area (Å²) in [6.07, 6.45) is 0. The Bertz CT molecular complexity index is 486. The predicted molar refractivity (Wildman–Crippen MR) is 74.9 cm³/mol. The van der Waals surface area contributed by atoms with Gasteiger partial charge in [-0.25, -0.2) is 0 Å². The van der Waals surface area contributed by atoms with Gasteiger partial charge in [-0.3, -0.25) is 4.79 Å². The number of benzene rings is 1. The van der Waals surface area contributed by atoms with Crippen LogP contribution in [0.1, 0.15) is 57.5 Å². The van der Waals surface area contributed by atoms with E-state index in [9.17, 15) is 4.79 Å². The fourth-order valence-corrected chi connectivity index (χ4v) is 3.11. The van der Waals surface area contributed by atoms with Crippen molar-refractivity contribution in [3.05, 3.63) is 35.4 Å². The molecule has 0 unspecified atom stereocenters. The SMILES string of the molecule is CC(C)N1C(=O)c2ccccc2C(C)(C)C1(C)C. The molecule has 1 aliphatic rings. The van der Waals surface area contributed by atoms with Crippen molar-refractivity contribution >= 4 is 5.91 Å². The lowest BCUT2D eigenvalue weighted by atomic mass is 9.64. The van der Waals surface area contributed by atoms with Crippen molar-refractivity contribution in [3.8, 4) is 0 Å². The number of hydrogen-bond acceptors (Lipinski definition) is 1. The Hall–Kier alpha value is -1.31. The molecule has 1 aliphatic heterocycles. The van der Waals surface area contributed by atoms with Gasteiger partial charge in [0, 0.05) is 22.6 Å². The second kappa shape index (κ2) is 3.84. The van der Waals surface area contributed by atoms with Gasteiger partial charge in [0.1, 0.15) is 0 Å². The summed E-state index contributed by atoms with van der Waals surface area (Å²) in [5, 5.41) is 0. The molecule has 98 valence electrons. The van der Waals surface area contributed by atoms with Gasteiger partial charge in [0.05, 0.1) is 0 Å². The number of rotatable bonds is 1. The predicted octanol–water partition coefficient (Wildman–Crippen LogP) is 3.61. The third kappa shape index (κ3) is 1.51. The molecule has 0 radical (unpaired) electrons. The van der Waals surface area contributed by atoms with E-state index in [1.807, 2.05) is 23.1 Å². The van der Waals surface area contributed by atoms with Crippen molar-refractivity contribution in [2.75, 3.05) is 0 Å². The van der Waals surface area contributed by atoms with Gasteiger partial charge >= 0.3 is 0 Å². The van der Waals surface area contributed by atoms with E-state index in [0.717, 1.165) is 11.1 Å². The van der Waals surface area contributed by atoms with Crippen molar-refractivity contribution in [1.29, 1.82) is 0 Å². The number of hydrogen-bond donors (Lipinski definition) is 0. The van der Waals surface area contributed by atoms with Crippen LogP contribution >= 0.6 is 0 Å². The Morgan fingerprint density at radius 3 is 2.17 bits per heavy atom. The molecule has 0 saturated heterocycles. The Morgan fingerprint density at radius 1 is 1.06 bits per heavy atom. The molecule has 0 spiro atoms. The molecule has 0 aromatic heterocycles. The molecule has 1 aromatic rings. The van der Waals surface area contributed by atoms with Crippen LogP contribution in [0.15, 0.2) is 24.3 Å². The maximum absolute atomic E-state index is 12.7. The molecule has 0 saturated carbocycles. The summed E-state index contributed by atoms with van der Waals surface area (Å²) < 4.78 is 0. The first-order valence-electron chi connectivity index (χ1n) is 6.64. The van der Waals surface area contributed by atoms with Crippen LogP contribution in [-0.2, 0) is 5.41 Å². The van der Waals surface area contributed by atoms with Crippen LogP contribution < -0.4 is 0 Å². The molecule has 1 heterocycles. The second-order valence-electron chi connectivity index (χ2n) is 6.50. The first-order valence-corrected chi connectivity index (χ1v) is 6.64. The number of amides is 1. The van der Waals surface area contributed by atoms with E-state index >= 15 is 0 Å². The van der Waals surface area contributed by atoms with Gasteiger partial charge in [-0.15, -0.1) is 0 Å². The van der Waals surface area contributed by atoms with Gasteiger partial charge in [0.15, 0.2) is 0 Å². The highest BCUT2D eigenvalue weighted by molar-refractivity contribution is 5.98. The average molecular weight is 245 g/mol. The fraction of sp³-hybridized carbons (Fsp3) is 0.562. The van der Waals surface area contributed by atoms with Crippen molar-refractivity contribution < 1.29 is 4.79 Å². The number of fused-ring (bicyclic) bond motifs is 1. The zero-order valence-corrected chi connectivity index (χ0v) is 12.2. The molecule has 0 fully saturated rings. The molecule has 18 heavy (non-hydrogen) atoms. The largest absolute Gasteiger partial charge is 0.330 e. The molecule has 0 aliphatic carbocycles. The van der Waals surface area contributed by atoms with E-state index in [2.05, 4.69) is 47.6 Å². The monoisotopic (exact) mass is 245 g/mol. The lowest BCUT2D eigenvalue weighted by Crippen LogP contribution is -2.64. The topological polar surface area (TPSA) is 20.3 Å². The van der Waals surface area contributed by atoms with Crippen LogP contribution in [0.2, 0.25) is 0 Å². The van der Waals surface area contributed by atoms with E-state index < -0.39 is 0 Å². The molecule has 2 nitrogen and oxygen atoms in total. The lowest BCUT2D eigenvalue weighted by Gasteiger charge is -2.55. The van der Waals surface area contributed by atoms with Gasteiger partial charge in [0.25, 0.3) is 5.91 Å². The molecule has 2 rings (SSSR count). The minimum atomic E-state index is -0.188. The van der Waals surface area contributed by atoms with Crippen LogP contribution in [0.25, 0.3) is 0 Å². The summed E-state index contributed by atoms with van der Waals surface area (Å²) in [6.45, 7) is 13.0. The summed E-state index contributed by atoms with van der Waals surface area (Å²) in [5.41, 5.74) is 1.78. The number of carbonyl (C=O) groups excluding carboxylic acids is 1. The van der Waals surface area contributed by atoms with Crippen LogP contribution in [0.5, 0.6) is 0 Å². The molecule has 0 bridgehead atoms.